The van der Waals surface area contributed by atoms with Gasteiger partial charge in [0.05, 0.1) is 37.3 Å². The van der Waals surface area contributed by atoms with Gasteiger partial charge in [-0.25, -0.2) is 9.67 Å². The zero-order valence-electron chi connectivity index (χ0n) is 45.8. The number of nitrogens with one attached hydrogen (secondary N) is 2. The molecule has 1 fully saturated rings. The summed E-state index contributed by atoms with van der Waals surface area (Å²) >= 11 is 3.21. The summed E-state index contributed by atoms with van der Waals surface area (Å²) in [5, 5.41) is 20.3. The third-order valence-electron chi connectivity index (χ3n) is 9.42. The number of aliphatic imine (C=N–C) groups is 1. The fourth-order valence-corrected chi connectivity index (χ4v) is 6.43. The van der Waals surface area contributed by atoms with Crippen molar-refractivity contribution < 1.29 is 42.9 Å². The van der Waals surface area contributed by atoms with Crippen molar-refractivity contribution in [3.8, 4) is 11.4 Å². The van der Waals surface area contributed by atoms with Crippen molar-refractivity contribution in [2.45, 2.75) is 145 Å². The van der Waals surface area contributed by atoms with Crippen LogP contribution in [0.2, 0.25) is 0 Å². The van der Waals surface area contributed by atoms with Gasteiger partial charge in [0.25, 0.3) is 0 Å². The van der Waals surface area contributed by atoms with Crippen LogP contribution in [0.25, 0.3) is 5.69 Å². The highest BCUT2D eigenvalue weighted by molar-refractivity contribution is 8.33. The van der Waals surface area contributed by atoms with Crippen LogP contribution in [-0.2, 0) is 33.1 Å². The second-order valence-electron chi connectivity index (χ2n) is 15.9. The molecule has 2 aliphatic rings. The molecule has 1 saturated heterocycles. The second kappa shape index (κ2) is 52.9. The molecular weight excluding hydrogens is 928 g/mol. The predicted molar refractivity (Wildman–Crippen MR) is 296 cm³/mol. The number of β-amino-alcohol motifs (C(OH)–C–C–N with tert-alkyl or cyclic N) is 1. The SMILES string of the molecule is C=C.C=CC.CC.CCCCCC/C(C)=N/C1=C(C)CCCN1.COC.COC.Cc1cc(OCCOCCOCC(=O)NCCCCCC(=O)N2CCC(O)C2)cc(-n2nc(C)cc2C)c1.O=PS. The van der Waals surface area contributed by atoms with E-state index in [1.807, 2.05) is 64.4 Å². The molecular formula is C53H97N6O9PS. The van der Waals surface area contributed by atoms with Crippen molar-refractivity contribution >= 4 is 37.4 Å². The molecule has 4 rings (SSSR count). The van der Waals surface area contributed by atoms with Crippen molar-refractivity contribution in [3.63, 3.8) is 0 Å². The Morgan fingerprint density at radius 2 is 1.53 bits per heavy atom. The zero-order valence-corrected chi connectivity index (χ0v) is 47.6. The number of hydrogen-bond donors (Lipinski definition) is 4. The molecule has 15 nitrogen and oxygen atoms in total. The highest BCUT2D eigenvalue weighted by Gasteiger charge is 2.23. The Morgan fingerprint density at radius 1 is 0.943 bits per heavy atom. The van der Waals surface area contributed by atoms with Crippen LogP contribution in [0.4, 0.5) is 0 Å². The lowest BCUT2D eigenvalue weighted by Gasteiger charge is -2.17. The van der Waals surface area contributed by atoms with E-state index in [0.717, 1.165) is 66.4 Å². The van der Waals surface area contributed by atoms with E-state index < -0.39 is 0 Å². The van der Waals surface area contributed by atoms with Crippen molar-refractivity contribution in [2.24, 2.45) is 4.99 Å². The Labute approximate surface area is 432 Å². The van der Waals surface area contributed by atoms with Gasteiger partial charge in [-0.3, -0.25) is 14.2 Å². The summed E-state index contributed by atoms with van der Waals surface area (Å²) < 4.78 is 35.9. The first kappa shape index (κ1) is 72.7. The van der Waals surface area contributed by atoms with Crippen LogP contribution in [0.5, 0.6) is 5.75 Å². The number of rotatable bonds is 22. The number of amides is 2. The van der Waals surface area contributed by atoms with Crippen LogP contribution in [0.3, 0.4) is 0 Å². The van der Waals surface area contributed by atoms with Gasteiger partial charge in [0.1, 0.15) is 24.8 Å². The molecule has 70 heavy (non-hydrogen) atoms. The minimum absolute atomic E-state index is 0.00593. The Morgan fingerprint density at radius 3 is 2.09 bits per heavy atom. The number of unbranched alkanes of at least 4 members (excludes halogenated alkanes) is 5. The molecule has 2 aliphatic heterocycles. The number of aliphatic hydroxyl groups is 1. The standard InChI is InChI=1S/C28H42N4O6.C14H26N2.C3H6.2C2H6O.C2H6.C2H4.HOPS/c1-21-15-24(32-23(3)17-22(2)30-32)18-26(16-21)38-14-13-36-11-12-37-20-27(34)29-9-6-4-5-7-28(35)31-10-8-25(33)19-31;1-4-5-6-7-10-13(3)16-14-12(2)9-8-11-15-14;3*1-3-2;2*1-2;1-2-3/h15-18,25,33H,4-14,19-20H2,1-3H3,(H,29,34);15H,4-11H2,1-3H3;3H,1H2,2H3;2*1-2H3;1-2H3;1-2H2;(H,1,3)/b;16-13+;;;;;;. The van der Waals surface area contributed by atoms with Crippen LogP contribution in [0.15, 0.2) is 66.5 Å². The van der Waals surface area contributed by atoms with E-state index >= 15 is 0 Å². The zero-order chi connectivity index (χ0) is 54.0. The summed E-state index contributed by atoms with van der Waals surface area (Å²) in [4.78, 5) is 30.3. The molecule has 0 bridgehead atoms. The average Bonchev–Trinajstić information content (AvgIpc) is 3.93. The van der Waals surface area contributed by atoms with Gasteiger partial charge in [-0.05, 0) is 116 Å². The number of aliphatic hydroxyl groups excluding tert-OH is 1. The van der Waals surface area contributed by atoms with Gasteiger partial charge in [-0.15, -0.1) is 19.7 Å². The maximum Gasteiger partial charge on any atom is 0.245 e. The van der Waals surface area contributed by atoms with E-state index in [4.69, 9.17) is 23.8 Å². The number of thiol groups is 1. The van der Waals surface area contributed by atoms with E-state index in [2.05, 4.69) is 84.0 Å². The highest BCUT2D eigenvalue weighted by atomic mass is 32.7. The fraction of sp³-hybridized carbons (Fsp3) is 0.660. The first-order valence-electron chi connectivity index (χ1n) is 24.7. The third-order valence-corrected chi connectivity index (χ3v) is 9.42. The summed E-state index contributed by atoms with van der Waals surface area (Å²) in [6.07, 6.45) is 13.9. The van der Waals surface area contributed by atoms with Gasteiger partial charge in [0, 0.05) is 78.5 Å². The van der Waals surface area contributed by atoms with E-state index in [-0.39, 0.29) is 32.2 Å². The lowest BCUT2D eigenvalue weighted by molar-refractivity contribution is -0.130. The van der Waals surface area contributed by atoms with E-state index in [1.54, 1.807) is 39.4 Å². The monoisotopic (exact) mass is 1020 g/mol. The molecule has 17 heteroatoms. The number of carbonyl (C=O) groups excluding carboxylic acids is 2. The number of hydrogen-bond acceptors (Lipinski definition) is 12. The van der Waals surface area contributed by atoms with Crippen molar-refractivity contribution in [1.82, 2.24) is 25.3 Å². The fourth-order valence-electron chi connectivity index (χ4n) is 6.43. The smallest absolute Gasteiger partial charge is 0.245 e. The second-order valence-corrected chi connectivity index (χ2v) is 16.6. The molecule has 1 atom stereocenters. The highest BCUT2D eigenvalue weighted by Crippen LogP contribution is 2.21. The van der Waals surface area contributed by atoms with Crippen molar-refractivity contribution in [1.29, 1.82) is 0 Å². The third kappa shape index (κ3) is 41.9. The number of carbonyl (C=O) groups is 2. The number of likely N-dealkylation sites (tertiary alicyclic amines) is 1. The molecule has 0 saturated carbocycles. The Hall–Kier alpha value is -3.89. The summed E-state index contributed by atoms with van der Waals surface area (Å²) in [6, 6.07) is 8.06. The molecule has 3 heterocycles. The van der Waals surface area contributed by atoms with E-state index in [9.17, 15) is 14.7 Å². The lowest BCUT2D eigenvalue weighted by atomic mass is 10.1. The number of allylic oxidation sites excluding steroid dienone is 2. The molecule has 0 radical (unpaired) electrons. The topological polar surface area (TPSA) is 175 Å². The van der Waals surface area contributed by atoms with Crippen LogP contribution in [0, 0.1) is 20.8 Å². The minimum atomic E-state index is -0.377. The van der Waals surface area contributed by atoms with Gasteiger partial charge >= 0.3 is 0 Å². The number of nitrogens with zero attached hydrogens (tertiary/aromatic N) is 4. The molecule has 2 amide bonds. The first-order valence-corrected chi connectivity index (χ1v) is 26.7. The molecule has 0 aliphatic carbocycles. The molecule has 1 aromatic heterocycles. The molecule has 3 N–H and O–H groups in total. The average molecular weight is 1030 g/mol. The molecule has 0 spiro atoms. The largest absolute Gasteiger partial charge is 0.491 e. The van der Waals surface area contributed by atoms with Crippen LogP contribution >= 0.6 is 19.9 Å². The van der Waals surface area contributed by atoms with Gasteiger partial charge in [-0.1, -0.05) is 64.8 Å². The summed E-state index contributed by atoms with van der Waals surface area (Å²) in [5.74, 6) is 1.85. The maximum atomic E-state index is 12.0. The number of benzene rings is 1. The Kier molecular flexibility index (Phi) is 54.9. The molecule has 404 valence electrons. The summed E-state index contributed by atoms with van der Waals surface area (Å²) in [5.41, 5.74) is 6.79. The lowest BCUT2D eigenvalue weighted by Crippen LogP contribution is -2.30. The number of aromatic nitrogens is 2. The number of ether oxygens (including phenoxy) is 5. The van der Waals surface area contributed by atoms with Crippen LogP contribution in [0.1, 0.15) is 136 Å². The van der Waals surface area contributed by atoms with Gasteiger partial charge < -0.3 is 44.3 Å². The van der Waals surface area contributed by atoms with E-state index in [1.165, 1.54) is 49.8 Å². The van der Waals surface area contributed by atoms with Gasteiger partial charge in [0.2, 0.25) is 19.5 Å². The quantitative estimate of drug-likeness (QED) is 0.0290. The maximum absolute atomic E-state index is 12.0. The number of methoxy groups -OCH3 is 2. The summed E-state index contributed by atoms with van der Waals surface area (Å²) in [7, 11) is 6.36. The minimum Gasteiger partial charge on any atom is -0.491 e. The molecule has 2 aromatic rings. The summed E-state index contributed by atoms with van der Waals surface area (Å²) in [6.45, 7) is 32.1. The molecule has 1 unspecified atom stereocenters. The van der Waals surface area contributed by atoms with Crippen LogP contribution < -0.4 is 15.4 Å². The Balaban J connectivity index is -0.000000559. The Bertz CT molecular complexity index is 1650. The van der Waals surface area contributed by atoms with Gasteiger partial charge in [-0.2, -0.15) is 5.10 Å². The van der Waals surface area contributed by atoms with Gasteiger partial charge in [0.15, 0.2) is 0 Å². The first-order chi connectivity index (χ1) is 33.7. The number of aryl methyl sites for hydroxylation is 3. The molecule has 1 aromatic carbocycles. The predicted octanol–water partition coefficient (Wildman–Crippen LogP) is 11.2. The van der Waals surface area contributed by atoms with Crippen molar-refractivity contribution in [3.05, 3.63) is 78.4 Å². The van der Waals surface area contributed by atoms with E-state index in [0.29, 0.717) is 58.9 Å². The van der Waals surface area contributed by atoms with Crippen LogP contribution in [-0.4, -0.2) is 131 Å². The normalized spacial score (nSPS) is 13.4. The van der Waals surface area contributed by atoms with Crippen molar-refractivity contribution in [2.75, 3.05) is 87.7 Å².